The molecule has 0 radical (unpaired) electrons. The fraction of sp³-hybridized carbons (Fsp3) is 0.0909. The Morgan fingerprint density at radius 2 is 2.13 bits per heavy atom. The highest BCUT2D eigenvalue weighted by atomic mass is 32.1. The van der Waals surface area contributed by atoms with Gasteiger partial charge in [-0.05, 0) is 12.1 Å². The topological polar surface area (TPSA) is 45.9 Å². The summed E-state index contributed by atoms with van der Waals surface area (Å²) in [6.45, 7) is 0.413. The highest BCUT2D eigenvalue weighted by Gasteiger charge is 2.01. The number of rotatable bonds is 3. The van der Waals surface area contributed by atoms with Crippen LogP contribution < -0.4 is 4.74 Å². The fourth-order valence-corrected chi connectivity index (χ4v) is 1.72. The number of nitrogens with zero attached hydrogens (tertiary/aromatic N) is 2. The van der Waals surface area contributed by atoms with Crippen LogP contribution in [0.25, 0.3) is 0 Å². The third-order valence-electron chi connectivity index (χ3n) is 1.77. The Balaban J connectivity index is 1.97. The number of hydrogen-bond acceptors (Lipinski definition) is 4. The molecule has 1 aromatic heterocycles. The highest BCUT2D eigenvalue weighted by molar-refractivity contribution is 7.12. The van der Waals surface area contributed by atoms with Crippen LogP contribution in [-0.4, -0.2) is 4.98 Å². The van der Waals surface area contributed by atoms with Crippen LogP contribution in [0.1, 0.15) is 9.88 Å². The number of hydrogen-bond donors (Lipinski definition) is 0. The molecule has 0 aliphatic heterocycles. The van der Waals surface area contributed by atoms with Gasteiger partial charge in [0.1, 0.15) is 28.3 Å². The van der Waals surface area contributed by atoms with Crippen molar-refractivity contribution in [2.75, 3.05) is 0 Å². The molecular weight excluding hydrogens is 208 g/mol. The molecule has 0 bridgehead atoms. The molecule has 0 fully saturated rings. The van der Waals surface area contributed by atoms with Gasteiger partial charge in [-0.15, -0.1) is 11.3 Å². The SMILES string of the molecule is N#Cc1cnc(COc2ccccc2)s1. The van der Waals surface area contributed by atoms with Gasteiger partial charge in [0.05, 0.1) is 6.20 Å². The van der Waals surface area contributed by atoms with Crippen molar-refractivity contribution in [3.63, 3.8) is 0 Å². The molecule has 1 heterocycles. The first-order chi connectivity index (χ1) is 7.38. The maximum absolute atomic E-state index is 8.62. The first-order valence-electron chi connectivity index (χ1n) is 4.41. The lowest BCUT2D eigenvalue weighted by molar-refractivity contribution is 0.305. The van der Waals surface area contributed by atoms with Gasteiger partial charge < -0.3 is 4.74 Å². The van der Waals surface area contributed by atoms with Crippen molar-refractivity contribution in [1.82, 2.24) is 4.98 Å². The lowest BCUT2D eigenvalue weighted by atomic mass is 10.3. The second kappa shape index (κ2) is 4.58. The van der Waals surface area contributed by atoms with E-state index >= 15 is 0 Å². The third-order valence-corrected chi connectivity index (χ3v) is 2.64. The Labute approximate surface area is 91.6 Å². The summed E-state index contributed by atoms with van der Waals surface area (Å²) < 4.78 is 5.49. The molecular formula is C11H8N2OS. The van der Waals surface area contributed by atoms with Gasteiger partial charge >= 0.3 is 0 Å². The summed E-state index contributed by atoms with van der Waals surface area (Å²) in [7, 11) is 0. The van der Waals surface area contributed by atoms with Crippen molar-refractivity contribution in [2.24, 2.45) is 0 Å². The fourth-order valence-electron chi connectivity index (χ4n) is 1.09. The van der Waals surface area contributed by atoms with E-state index in [-0.39, 0.29) is 0 Å². The summed E-state index contributed by atoms with van der Waals surface area (Å²) in [6.07, 6.45) is 1.56. The Hall–Kier alpha value is -1.86. The third kappa shape index (κ3) is 2.55. The quantitative estimate of drug-likeness (QED) is 0.792. The second-order valence-electron chi connectivity index (χ2n) is 2.83. The Morgan fingerprint density at radius 1 is 1.33 bits per heavy atom. The maximum atomic E-state index is 8.62. The Bertz CT molecular complexity index is 473. The zero-order valence-corrected chi connectivity index (χ0v) is 8.70. The van der Waals surface area contributed by atoms with Crippen molar-refractivity contribution in [2.45, 2.75) is 6.61 Å². The minimum atomic E-state index is 0.413. The van der Waals surface area contributed by atoms with Gasteiger partial charge in [0.25, 0.3) is 0 Å². The zero-order valence-electron chi connectivity index (χ0n) is 7.88. The molecule has 0 aliphatic rings. The van der Waals surface area contributed by atoms with E-state index in [9.17, 15) is 0 Å². The minimum absolute atomic E-state index is 0.413. The molecule has 2 rings (SSSR count). The molecule has 2 aromatic rings. The van der Waals surface area contributed by atoms with Crippen molar-refractivity contribution in [3.05, 3.63) is 46.4 Å². The lowest BCUT2D eigenvalue weighted by Gasteiger charge is -2.02. The van der Waals surface area contributed by atoms with E-state index in [0.29, 0.717) is 11.5 Å². The summed E-state index contributed by atoms with van der Waals surface area (Å²) >= 11 is 1.35. The summed E-state index contributed by atoms with van der Waals surface area (Å²) in [5, 5.41) is 9.43. The van der Waals surface area contributed by atoms with Crippen LogP contribution in [0.15, 0.2) is 36.5 Å². The van der Waals surface area contributed by atoms with Gasteiger partial charge in [-0.3, -0.25) is 0 Å². The van der Waals surface area contributed by atoms with Gasteiger partial charge in [-0.2, -0.15) is 5.26 Å². The smallest absolute Gasteiger partial charge is 0.140 e. The van der Waals surface area contributed by atoms with Crippen molar-refractivity contribution >= 4 is 11.3 Å². The van der Waals surface area contributed by atoms with Gasteiger partial charge in [-0.25, -0.2) is 4.98 Å². The molecule has 74 valence electrons. The molecule has 1 aromatic carbocycles. The van der Waals surface area contributed by atoms with Crippen molar-refractivity contribution < 1.29 is 4.74 Å². The molecule has 0 unspecified atom stereocenters. The molecule has 0 amide bonds. The van der Waals surface area contributed by atoms with Crippen LogP contribution in [0.5, 0.6) is 5.75 Å². The normalized spacial score (nSPS) is 9.53. The molecule has 0 saturated heterocycles. The van der Waals surface area contributed by atoms with E-state index < -0.39 is 0 Å². The van der Waals surface area contributed by atoms with Gasteiger partial charge in [0.15, 0.2) is 0 Å². The van der Waals surface area contributed by atoms with E-state index in [1.54, 1.807) is 6.20 Å². The number of nitriles is 1. The summed E-state index contributed by atoms with van der Waals surface area (Å²) in [4.78, 5) is 4.69. The van der Waals surface area contributed by atoms with Crippen LogP contribution in [0.3, 0.4) is 0 Å². The second-order valence-corrected chi connectivity index (χ2v) is 3.95. The minimum Gasteiger partial charge on any atom is -0.486 e. The summed E-state index contributed by atoms with van der Waals surface area (Å²) in [5.41, 5.74) is 0. The highest BCUT2D eigenvalue weighted by Crippen LogP contribution is 2.15. The number of ether oxygens (including phenoxy) is 1. The van der Waals surface area contributed by atoms with Crippen LogP contribution in [0.2, 0.25) is 0 Å². The van der Waals surface area contributed by atoms with E-state index in [2.05, 4.69) is 4.98 Å². The lowest BCUT2D eigenvalue weighted by Crippen LogP contribution is -1.93. The van der Waals surface area contributed by atoms with Gasteiger partial charge in [0, 0.05) is 0 Å². The molecule has 0 atom stereocenters. The van der Waals surface area contributed by atoms with E-state index in [0.717, 1.165) is 10.8 Å². The molecule has 0 aliphatic carbocycles. The van der Waals surface area contributed by atoms with Crippen molar-refractivity contribution in [3.8, 4) is 11.8 Å². The standard InChI is InChI=1S/C11H8N2OS/c12-6-10-7-13-11(15-10)8-14-9-4-2-1-3-5-9/h1-5,7H,8H2. The molecule has 0 saturated carbocycles. The molecule has 0 N–H and O–H groups in total. The Morgan fingerprint density at radius 3 is 2.80 bits per heavy atom. The average Bonchev–Trinajstić information content (AvgIpc) is 2.76. The molecule has 4 heteroatoms. The zero-order chi connectivity index (χ0) is 10.5. The number of para-hydroxylation sites is 1. The van der Waals surface area contributed by atoms with Crippen LogP contribution in [-0.2, 0) is 6.61 Å². The first kappa shape index (κ1) is 9.69. The monoisotopic (exact) mass is 216 g/mol. The maximum Gasteiger partial charge on any atom is 0.140 e. The summed E-state index contributed by atoms with van der Waals surface area (Å²) in [6, 6.07) is 11.6. The van der Waals surface area contributed by atoms with E-state index in [4.69, 9.17) is 10.00 Å². The number of thiazole rings is 1. The van der Waals surface area contributed by atoms with Crippen LogP contribution in [0.4, 0.5) is 0 Å². The van der Waals surface area contributed by atoms with Gasteiger partial charge in [0.2, 0.25) is 0 Å². The van der Waals surface area contributed by atoms with E-state index in [1.165, 1.54) is 11.3 Å². The predicted molar refractivity (Wildman–Crippen MR) is 57.6 cm³/mol. The number of benzene rings is 1. The molecule has 0 spiro atoms. The van der Waals surface area contributed by atoms with Crippen molar-refractivity contribution in [1.29, 1.82) is 5.26 Å². The molecule has 3 nitrogen and oxygen atoms in total. The van der Waals surface area contributed by atoms with Crippen LogP contribution in [0, 0.1) is 11.3 Å². The largest absolute Gasteiger partial charge is 0.486 e. The van der Waals surface area contributed by atoms with Gasteiger partial charge in [-0.1, -0.05) is 18.2 Å². The summed E-state index contributed by atoms with van der Waals surface area (Å²) in [5.74, 6) is 0.811. The first-order valence-corrected chi connectivity index (χ1v) is 5.23. The predicted octanol–water partition coefficient (Wildman–Crippen LogP) is 2.59. The van der Waals surface area contributed by atoms with Crippen LogP contribution >= 0.6 is 11.3 Å². The molecule has 15 heavy (non-hydrogen) atoms. The average molecular weight is 216 g/mol. The number of aromatic nitrogens is 1. The van der Waals surface area contributed by atoms with E-state index in [1.807, 2.05) is 36.4 Å². The Kier molecular flexibility index (Phi) is 2.96.